The summed E-state index contributed by atoms with van der Waals surface area (Å²) in [5.74, 6) is 0. The van der Waals surface area contributed by atoms with Gasteiger partial charge in [0, 0.05) is 13.6 Å². The van der Waals surface area contributed by atoms with Crippen molar-refractivity contribution >= 4 is 6.03 Å². The molecule has 0 aliphatic heterocycles. The van der Waals surface area contributed by atoms with Crippen LogP contribution in [0.2, 0.25) is 0 Å². The average Bonchev–Trinajstić information content (AvgIpc) is 2.15. The first-order valence-corrected chi connectivity index (χ1v) is 5.07. The van der Waals surface area contributed by atoms with Gasteiger partial charge >= 0.3 is 6.03 Å². The fraction of sp³-hybridized carbons (Fsp3) is 0.417. The van der Waals surface area contributed by atoms with Crippen LogP contribution >= 0.6 is 0 Å². The molecule has 1 aromatic carbocycles. The molecule has 0 unspecified atom stereocenters. The molecule has 0 saturated heterocycles. The second-order valence-electron chi connectivity index (χ2n) is 3.94. The van der Waals surface area contributed by atoms with E-state index in [1.165, 1.54) is 21.6 Å². The summed E-state index contributed by atoms with van der Waals surface area (Å²) >= 11 is 0. The molecular formula is C12H18N2O. The number of primary amides is 1. The van der Waals surface area contributed by atoms with E-state index < -0.39 is 0 Å². The number of likely N-dealkylation sites (N-methyl/N-ethyl adjacent to an activating group) is 1. The molecule has 0 bridgehead atoms. The van der Waals surface area contributed by atoms with Gasteiger partial charge in [-0.25, -0.2) is 4.79 Å². The zero-order valence-corrected chi connectivity index (χ0v) is 9.58. The molecule has 0 fully saturated rings. The Kier molecular flexibility index (Phi) is 3.72. The van der Waals surface area contributed by atoms with Gasteiger partial charge in [-0.05, 0) is 31.4 Å². The summed E-state index contributed by atoms with van der Waals surface area (Å²) in [4.78, 5) is 12.3. The van der Waals surface area contributed by atoms with Crippen molar-refractivity contribution in [1.82, 2.24) is 4.90 Å². The first-order chi connectivity index (χ1) is 7.00. The Morgan fingerprint density at radius 3 is 2.60 bits per heavy atom. The maximum Gasteiger partial charge on any atom is 0.314 e. The number of nitrogens with two attached hydrogens (primary N) is 1. The van der Waals surface area contributed by atoms with Crippen LogP contribution in [0.5, 0.6) is 0 Å². The van der Waals surface area contributed by atoms with Gasteiger partial charge in [-0.1, -0.05) is 23.8 Å². The monoisotopic (exact) mass is 206 g/mol. The molecule has 15 heavy (non-hydrogen) atoms. The highest BCUT2D eigenvalue weighted by atomic mass is 16.2. The Hall–Kier alpha value is -1.51. The Morgan fingerprint density at radius 2 is 2.07 bits per heavy atom. The first kappa shape index (κ1) is 11.6. The largest absolute Gasteiger partial charge is 0.351 e. The van der Waals surface area contributed by atoms with E-state index in [-0.39, 0.29) is 6.03 Å². The second kappa shape index (κ2) is 4.82. The molecule has 82 valence electrons. The van der Waals surface area contributed by atoms with Crippen LogP contribution in [0.1, 0.15) is 16.7 Å². The Bertz CT molecular complexity index is 361. The fourth-order valence-corrected chi connectivity index (χ4v) is 1.52. The number of rotatable bonds is 3. The SMILES string of the molecule is Cc1ccc(CCN(C)C(N)=O)c(C)c1. The van der Waals surface area contributed by atoms with Crippen molar-refractivity contribution < 1.29 is 4.79 Å². The molecule has 2 N–H and O–H groups in total. The quantitative estimate of drug-likeness (QED) is 0.806. The van der Waals surface area contributed by atoms with Crippen LogP contribution in [0, 0.1) is 13.8 Å². The van der Waals surface area contributed by atoms with Crippen LogP contribution in [0.3, 0.4) is 0 Å². The van der Waals surface area contributed by atoms with E-state index in [9.17, 15) is 4.79 Å². The van der Waals surface area contributed by atoms with E-state index in [2.05, 4.69) is 32.0 Å². The molecule has 0 aromatic heterocycles. The fourth-order valence-electron chi connectivity index (χ4n) is 1.52. The number of nitrogens with zero attached hydrogens (tertiary/aromatic N) is 1. The van der Waals surface area contributed by atoms with Gasteiger partial charge in [0.2, 0.25) is 0 Å². The maximum atomic E-state index is 10.8. The summed E-state index contributed by atoms with van der Waals surface area (Å²) in [5, 5.41) is 0. The van der Waals surface area contributed by atoms with Crippen molar-refractivity contribution in [3.05, 3.63) is 34.9 Å². The third kappa shape index (κ3) is 3.27. The van der Waals surface area contributed by atoms with E-state index in [0.717, 1.165) is 6.42 Å². The smallest absolute Gasteiger partial charge is 0.314 e. The summed E-state index contributed by atoms with van der Waals surface area (Å²) < 4.78 is 0. The second-order valence-corrected chi connectivity index (χ2v) is 3.94. The lowest BCUT2D eigenvalue weighted by atomic mass is 10.0. The molecule has 2 amide bonds. The number of carbonyl (C=O) groups is 1. The summed E-state index contributed by atoms with van der Waals surface area (Å²) in [6, 6.07) is 5.98. The van der Waals surface area contributed by atoms with E-state index >= 15 is 0 Å². The Balaban J connectivity index is 2.62. The molecule has 3 heteroatoms. The number of aryl methyl sites for hydroxylation is 2. The van der Waals surface area contributed by atoms with Gasteiger partial charge in [0.1, 0.15) is 0 Å². The number of benzene rings is 1. The maximum absolute atomic E-state index is 10.8. The van der Waals surface area contributed by atoms with Crippen LogP contribution in [0.25, 0.3) is 0 Å². The Morgan fingerprint density at radius 1 is 1.40 bits per heavy atom. The lowest BCUT2D eigenvalue weighted by molar-refractivity contribution is 0.219. The molecular weight excluding hydrogens is 188 g/mol. The van der Waals surface area contributed by atoms with Gasteiger partial charge in [-0.15, -0.1) is 0 Å². The topological polar surface area (TPSA) is 46.3 Å². The highest BCUT2D eigenvalue weighted by molar-refractivity contribution is 5.71. The summed E-state index contributed by atoms with van der Waals surface area (Å²) in [6.45, 7) is 4.83. The zero-order chi connectivity index (χ0) is 11.4. The van der Waals surface area contributed by atoms with Gasteiger partial charge in [0.05, 0.1) is 0 Å². The first-order valence-electron chi connectivity index (χ1n) is 5.07. The van der Waals surface area contributed by atoms with Crippen LogP contribution in [0.4, 0.5) is 4.79 Å². The van der Waals surface area contributed by atoms with Gasteiger partial charge in [-0.3, -0.25) is 0 Å². The minimum absolute atomic E-state index is 0.375. The molecule has 0 radical (unpaired) electrons. The summed E-state index contributed by atoms with van der Waals surface area (Å²) in [6.07, 6.45) is 0.853. The van der Waals surface area contributed by atoms with Gasteiger partial charge in [-0.2, -0.15) is 0 Å². The highest BCUT2D eigenvalue weighted by Crippen LogP contribution is 2.11. The van der Waals surface area contributed by atoms with Gasteiger partial charge in [0.25, 0.3) is 0 Å². The molecule has 1 rings (SSSR count). The number of hydrogen-bond acceptors (Lipinski definition) is 1. The van der Waals surface area contributed by atoms with Gasteiger partial charge in [0.15, 0.2) is 0 Å². The van der Waals surface area contributed by atoms with E-state index in [1.807, 2.05) is 0 Å². The minimum Gasteiger partial charge on any atom is -0.351 e. The predicted octanol–water partition coefficient (Wildman–Crippen LogP) is 1.86. The normalized spacial score (nSPS) is 10.1. The summed E-state index contributed by atoms with van der Waals surface area (Å²) in [7, 11) is 1.71. The minimum atomic E-state index is -0.375. The van der Waals surface area contributed by atoms with E-state index in [4.69, 9.17) is 5.73 Å². The zero-order valence-electron chi connectivity index (χ0n) is 9.58. The number of hydrogen-bond donors (Lipinski definition) is 1. The lowest BCUT2D eigenvalue weighted by Gasteiger charge is -2.15. The predicted molar refractivity (Wildman–Crippen MR) is 61.8 cm³/mol. The van der Waals surface area contributed by atoms with Crippen molar-refractivity contribution in [2.45, 2.75) is 20.3 Å². The number of urea groups is 1. The third-order valence-electron chi connectivity index (χ3n) is 2.59. The van der Waals surface area contributed by atoms with Crippen molar-refractivity contribution in [2.75, 3.05) is 13.6 Å². The third-order valence-corrected chi connectivity index (χ3v) is 2.59. The van der Waals surface area contributed by atoms with E-state index in [1.54, 1.807) is 7.05 Å². The molecule has 1 aromatic rings. The van der Waals surface area contributed by atoms with E-state index in [0.29, 0.717) is 6.54 Å². The van der Waals surface area contributed by atoms with Crippen molar-refractivity contribution in [1.29, 1.82) is 0 Å². The van der Waals surface area contributed by atoms with Crippen molar-refractivity contribution in [3.8, 4) is 0 Å². The number of carbonyl (C=O) groups excluding carboxylic acids is 1. The molecule has 0 saturated carbocycles. The van der Waals surface area contributed by atoms with Gasteiger partial charge < -0.3 is 10.6 Å². The highest BCUT2D eigenvalue weighted by Gasteiger charge is 2.04. The lowest BCUT2D eigenvalue weighted by Crippen LogP contribution is -2.33. The molecule has 0 heterocycles. The molecule has 3 nitrogen and oxygen atoms in total. The Labute approximate surface area is 90.9 Å². The molecule has 0 aliphatic carbocycles. The van der Waals surface area contributed by atoms with Crippen molar-refractivity contribution in [2.24, 2.45) is 5.73 Å². The van der Waals surface area contributed by atoms with Crippen molar-refractivity contribution in [3.63, 3.8) is 0 Å². The van der Waals surface area contributed by atoms with Crippen LogP contribution in [-0.4, -0.2) is 24.5 Å². The summed E-state index contributed by atoms with van der Waals surface area (Å²) in [5.41, 5.74) is 8.96. The molecule has 0 spiro atoms. The van der Waals surface area contributed by atoms with Crippen LogP contribution < -0.4 is 5.73 Å². The standard InChI is InChI=1S/C12H18N2O/c1-9-4-5-11(10(2)8-9)6-7-14(3)12(13)15/h4-5,8H,6-7H2,1-3H3,(H2,13,15). The average molecular weight is 206 g/mol. The number of amides is 2. The van der Waals surface area contributed by atoms with Crippen LogP contribution in [-0.2, 0) is 6.42 Å². The molecule has 0 aliphatic rings. The molecule has 0 atom stereocenters. The van der Waals surface area contributed by atoms with Crippen LogP contribution in [0.15, 0.2) is 18.2 Å².